The molecule has 3 N–H and O–H groups in total. The van der Waals surface area contributed by atoms with E-state index in [1.54, 1.807) is 35.7 Å². The highest BCUT2D eigenvalue weighted by Crippen LogP contribution is 2.34. The Kier molecular flexibility index (Phi) is 11.3. The standard InChI is InChI=1S/C39H41ClN8O3S2/c1-39(2,25-52-3)34-21-36(48(45-34)28-9-6-7-26(19-28)23-46-15-17-51-18-16-46)42-38(50)41-22-27-8-4-5-10-33(27)53-30-12-14-35-43-44-37(47(35)24-30)31-20-29(49)11-13-32(31)40/h4-14,19-21,24,49H,15-18,22-23,25H2,1-3H3,(H2,41,42,50). The molecule has 0 bridgehead atoms. The third-order valence-electron chi connectivity index (χ3n) is 9.02. The first-order valence-electron chi connectivity index (χ1n) is 17.3. The van der Waals surface area contributed by atoms with Gasteiger partial charge in [0.15, 0.2) is 11.5 Å². The van der Waals surface area contributed by atoms with Crippen LogP contribution in [-0.2, 0) is 23.2 Å². The maximum absolute atomic E-state index is 13.6. The van der Waals surface area contributed by atoms with Gasteiger partial charge < -0.3 is 15.2 Å². The van der Waals surface area contributed by atoms with Gasteiger partial charge in [-0.25, -0.2) is 9.48 Å². The first-order valence-corrected chi connectivity index (χ1v) is 19.9. The van der Waals surface area contributed by atoms with Crippen LogP contribution in [0.5, 0.6) is 5.75 Å². The van der Waals surface area contributed by atoms with Crippen molar-refractivity contribution in [3.63, 3.8) is 0 Å². The van der Waals surface area contributed by atoms with E-state index in [9.17, 15) is 9.90 Å². The Bertz CT molecular complexity index is 2230. The summed E-state index contributed by atoms with van der Waals surface area (Å²) in [5.74, 6) is 2.10. The van der Waals surface area contributed by atoms with E-state index in [1.165, 1.54) is 11.6 Å². The van der Waals surface area contributed by atoms with Gasteiger partial charge in [0.1, 0.15) is 11.6 Å². The molecule has 1 fully saturated rings. The molecule has 0 saturated carbocycles. The molecule has 11 nitrogen and oxygen atoms in total. The summed E-state index contributed by atoms with van der Waals surface area (Å²) >= 11 is 9.79. The maximum Gasteiger partial charge on any atom is 0.320 e. The monoisotopic (exact) mass is 768 g/mol. The number of aromatic hydroxyl groups is 1. The number of morpholine rings is 1. The molecule has 7 rings (SSSR count). The summed E-state index contributed by atoms with van der Waals surface area (Å²) in [5.41, 5.74) is 4.96. The van der Waals surface area contributed by atoms with Gasteiger partial charge in [0.25, 0.3) is 0 Å². The average Bonchev–Trinajstić information content (AvgIpc) is 3.78. The lowest BCUT2D eigenvalue weighted by Gasteiger charge is -2.26. The quantitative estimate of drug-likeness (QED) is 0.114. The molecule has 2 amide bonds. The molecule has 0 aliphatic carbocycles. The van der Waals surface area contributed by atoms with Crippen LogP contribution in [0.4, 0.5) is 10.6 Å². The number of urea groups is 1. The predicted molar refractivity (Wildman–Crippen MR) is 213 cm³/mol. The Labute approximate surface area is 322 Å². The van der Waals surface area contributed by atoms with Crippen LogP contribution in [0.25, 0.3) is 22.7 Å². The molecular weight excluding hydrogens is 728 g/mol. The number of hydrogen-bond acceptors (Lipinski definition) is 9. The molecular formula is C39H41ClN8O3S2. The number of carbonyl (C=O) groups is 1. The summed E-state index contributed by atoms with van der Waals surface area (Å²) in [5, 5.41) is 30.4. The van der Waals surface area contributed by atoms with E-state index in [1.807, 2.05) is 69.9 Å². The van der Waals surface area contributed by atoms with Crippen molar-refractivity contribution < 1.29 is 14.6 Å². The summed E-state index contributed by atoms with van der Waals surface area (Å²) in [7, 11) is 0. The van der Waals surface area contributed by atoms with Crippen molar-refractivity contribution in [1.29, 1.82) is 0 Å². The minimum atomic E-state index is -0.330. The van der Waals surface area contributed by atoms with Crippen LogP contribution in [0, 0.1) is 0 Å². The van der Waals surface area contributed by atoms with E-state index < -0.39 is 0 Å². The topological polar surface area (TPSA) is 122 Å². The van der Waals surface area contributed by atoms with E-state index >= 15 is 0 Å². The first kappa shape index (κ1) is 36.8. The number of phenols is 1. The number of phenolic OH excluding ortho intramolecular Hbond substituents is 1. The lowest BCUT2D eigenvalue weighted by Crippen LogP contribution is -2.35. The Morgan fingerprint density at radius 2 is 1.83 bits per heavy atom. The lowest BCUT2D eigenvalue weighted by atomic mass is 9.92. The molecule has 0 radical (unpaired) electrons. The number of benzene rings is 3. The number of anilines is 1. The van der Waals surface area contributed by atoms with Gasteiger partial charge in [0.05, 0.1) is 29.6 Å². The predicted octanol–water partition coefficient (Wildman–Crippen LogP) is 7.89. The molecule has 1 aliphatic heterocycles. The number of hydrogen-bond donors (Lipinski definition) is 3. The van der Waals surface area contributed by atoms with E-state index in [0.717, 1.165) is 65.3 Å². The number of fused-ring (bicyclic) bond motifs is 1. The molecule has 0 spiro atoms. The molecule has 0 unspecified atom stereocenters. The van der Waals surface area contributed by atoms with Crippen molar-refractivity contribution in [2.45, 2.75) is 42.1 Å². The fourth-order valence-electron chi connectivity index (χ4n) is 6.25. The smallest absolute Gasteiger partial charge is 0.320 e. The van der Waals surface area contributed by atoms with Gasteiger partial charge in [0.2, 0.25) is 0 Å². The Hall–Kier alpha value is -4.53. The zero-order valence-corrected chi connectivity index (χ0v) is 32.1. The number of ether oxygens (including phenoxy) is 1. The van der Waals surface area contributed by atoms with E-state index in [4.69, 9.17) is 21.4 Å². The van der Waals surface area contributed by atoms with E-state index in [-0.39, 0.29) is 17.2 Å². The second-order valence-corrected chi connectivity index (χ2v) is 15.9. The van der Waals surface area contributed by atoms with Crippen LogP contribution in [0.3, 0.4) is 0 Å². The number of amides is 2. The van der Waals surface area contributed by atoms with Gasteiger partial charge in [-0.3, -0.25) is 14.6 Å². The number of nitrogens with one attached hydrogen (secondary N) is 2. The highest BCUT2D eigenvalue weighted by atomic mass is 35.5. The fourth-order valence-corrected chi connectivity index (χ4v) is 8.29. The van der Waals surface area contributed by atoms with Crippen molar-refractivity contribution in [2.75, 3.05) is 43.6 Å². The third-order valence-corrected chi connectivity index (χ3v) is 11.5. The van der Waals surface area contributed by atoms with Crippen LogP contribution in [-0.4, -0.2) is 78.7 Å². The minimum Gasteiger partial charge on any atom is -0.508 e. The second kappa shape index (κ2) is 16.2. The number of nitrogens with zero attached hydrogens (tertiary/aromatic N) is 6. The summed E-state index contributed by atoms with van der Waals surface area (Å²) < 4.78 is 9.23. The molecule has 3 aromatic carbocycles. The number of halogens is 1. The Morgan fingerprint density at radius 1 is 1.00 bits per heavy atom. The SMILES string of the molecule is CSCC(C)(C)c1cc(NC(=O)NCc2ccccc2Sc2ccc3nnc(-c4cc(O)ccc4Cl)n3c2)n(-c2cccc(CN3CCOCC3)c2)n1. The normalized spacial score (nSPS) is 13.7. The molecule has 3 aromatic heterocycles. The highest BCUT2D eigenvalue weighted by molar-refractivity contribution is 7.99. The van der Waals surface area contributed by atoms with Crippen LogP contribution < -0.4 is 10.6 Å². The number of rotatable bonds is 12. The molecule has 0 atom stereocenters. The fraction of sp³-hybridized carbons (Fsp3) is 0.282. The van der Waals surface area contributed by atoms with Gasteiger partial charge in [-0.2, -0.15) is 16.9 Å². The van der Waals surface area contributed by atoms with Gasteiger partial charge in [0, 0.05) is 65.0 Å². The van der Waals surface area contributed by atoms with Crippen molar-refractivity contribution >= 4 is 52.6 Å². The van der Waals surface area contributed by atoms with Gasteiger partial charge in [-0.05, 0) is 65.9 Å². The lowest BCUT2D eigenvalue weighted by molar-refractivity contribution is 0.0342. The molecule has 274 valence electrons. The third kappa shape index (κ3) is 8.66. The summed E-state index contributed by atoms with van der Waals surface area (Å²) in [6, 6.07) is 26.6. The van der Waals surface area contributed by atoms with Crippen LogP contribution >= 0.6 is 35.1 Å². The molecule has 6 aromatic rings. The number of carbonyl (C=O) groups excluding carboxylic acids is 1. The van der Waals surface area contributed by atoms with E-state index in [2.05, 4.69) is 58.0 Å². The van der Waals surface area contributed by atoms with Gasteiger partial charge in [-0.1, -0.05) is 67.5 Å². The molecule has 1 saturated heterocycles. The van der Waals surface area contributed by atoms with Crippen molar-refractivity contribution in [3.05, 3.63) is 113 Å². The second-order valence-electron chi connectivity index (χ2n) is 13.5. The van der Waals surface area contributed by atoms with Crippen molar-refractivity contribution in [1.82, 2.24) is 34.6 Å². The van der Waals surface area contributed by atoms with Crippen LogP contribution in [0.15, 0.2) is 101 Å². The Balaban J connectivity index is 1.08. The maximum atomic E-state index is 13.6. The highest BCUT2D eigenvalue weighted by Gasteiger charge is 2.26. The zero-order valence-electron chi connectivity index (χ0n) is 29.8. The summed E-state index contributed by atoms with van der Waals surface area (Å²) in [4.78, 5) is 17.9. The van der Waals surface area contributed by atoms with Crippen molar-refractivity contribution in [3.8, 4) is 22.8 Å². The molecule has 1 aliphatic rings. The first-order chi connectivity index (χ1) is 25.7. The average molecular weight is 769 g/mol. The number of aromatic nitrogens is 5. The minimum absolute atomic E-state index is 0.0927. The van der Waals surface area contributed by atoms with Gasteiger partial charge >= 0.3 is 6.03 Å². The number of thioether (sulfide) groups is 1. The number of pyridine rings is 1. The molecule has 53 heavy (non-hydrogen) atoms. The van der Waals surface area contributed by atoms with Crippen molar-refractivity contribution in [2.24, 2.45) is 0 Å². The summed E-state index contributed by atoms with van der Waals surface area (Å²) in [6.07, 6.45) is 4.04. The molecule has 14 heteroatoms. The van der Waals surface area contributed by atoms with Gasteiger partial charge in [-0.15, -0.1) is 10.2 Å². The van der Waals surface area contributed by atoms with E-state index in [0.29, 0.717) is 34.4 Å². The van der Waals surface area contributed by atoms with Crippen LogP contribution in [0.2, 0.25) is 5.02 Å². The molecule has 4 heterocycles. The summed E-state index contributed by atoms with van der Waals surface area (Å²) in [6.45, 7) is 8.78. The Morgan fingerprint density at radius 3 is 2.66 bits per heavy atom. The largest absolute Gasteiger partial charge is 0.508 e. The zero-order chi connectivity index (χ0) is 37.0. The van der Waals surface area contributed by atoms with Crippen LogP contribution in [0.1, 0.15) is 30.7 Å².